The van der Waals surface area contributed by atoms with Crippen LogP contribution in [0.4, 0.5) is 0 Å². The van der Waals surface area contributed by atoms with Gasteiger partial charge in [-0.25, -0.2) is 9.78 Å². The Labute approximate surface area is 187 Å². The summed E-state index contributed by atoms with van der Waals surface area (Å²) in [4.78, 5) is 29.7. The van der Waals surface area contributed by atoms with Gasteiger partial charge in [0.05, 0.1) is 43.5 Å². The Morgan fingerprint density at radius 1 is 1.06 bits per heavy atom. The van der Waals surface area contributed by atoms with Crippen LogP contribution < -0.4 is 5.56 Å². The summed E-state index contributed by atoms with van der Waals surface area (Å²) in [6, 6.07) is 3.67. The van der Waals surface area contributed by atoms with Gasteiger partial charge < -0.3 is 33.4 Å². The van der Waals surface area contributed by atoms with Gasteiger partial charge in [0.15, 0.2) is 0 Å². The normalized spacial score (nSPS) is 14.3. The first-order valence-corrected chi connectivity index (χ1v) is 10.2. The van der Waals surface area contributed by atoms with Gasteiger partial charge in [0, 0.05) is 20.1 Å². The summed E-state index contributed by atoms with van der Waals surface area (Å²) in [6.07, 6.45) is -1.20. The number of nitrogens with zero attached hydrogens (tertiary/aromatic N) is 2. The molecular weight excluding hydrogens is 420 g/mol. The van der Waals surface area contributed by atoms with E-state index in [9.17, 15) is 14.7 Å². The summed E-state index contributed by atoms with van der Waals surface area (Å²) in [7, 11) is 4.17. The van der Waals surface area contributed by atoms with Gasteiger partial charge in [0.1, 0.15) is 13.6 Å². The van der Waals surface area contributed by atoms with Crippen molar-refractivity contribution in [1.29, 1.82) is 0 Å². The van der Waals surface area contributed by atoms with Crippen LogP contribution in [0.25, 0.3) is 11.0 Å². The predicted molar refractivity (Wildman–Crippen MR) is 117 cm³/mol. The minimum atomic E-state index is -0.817. The zero-order valence-corrected chi connectivity index (χ0v) is 19.4. The number of aromatic nitrogens is 2. The molecule has 10 heteroatoms. The summed E-state index contributed by atoms with van der Waals surface area (Å²) in [5.74, 6) is -1.17. The van der Waals surface area contributed by atoms with Crippen LogP contribution in [-0.4, -0.2) is 74.4 Å². The standard InChI is InChI=1S/C22H32N2O8/c1-13-7-16-17(8-14(13)2)24(21(26)20(23-16)22(27)30-6)9-18(31-11-28-4)15(3)19(10-25)32-12-29-5/h7-8,15,18-19,25H,9-12H2,1-6H3/t15-,18-,19+/m0/s1. The Balaban J connectivity index is 2.60. The van der Waals surface area contributed by atoms with E-state index in [0.29, 0.717) is 11.0 Å². The van der Waals surface area contributed by atoms with Crippen molar-refractivity contribution >= 4 is 17.0 Å². The number of hydrogen-bond donors (Lipinski definition) is 1. The van der Waals surface area contributed by atoms with E-state index in [1.807, 2.05) is 32.9 Å². The molecule has 0 spiro atoms. The minimum Gasteiger partial charge on any atom is -0.464 e. The quantitative estimate of drug-likeness (QED) is 0.377. The molecule has 1 heterocycles. The van der Waals surface area contributed by atoms with E-state index in [1.54, 1.807) is 0 Å². The number of aryl methyl sites for hydroxylation is 2. The molecule has 0 bridgehead atoms. The second-order valence-corrected chi connectivity index (χ2v) is 7.56. The van der Waals surface area contributed by atoms with Crippen molar-refractivity contribution in [3.8, 4) is 0 Å². The molecule has 3 atom stereocenters. The van der Waals surface area contributed by atoms with Gasteiger partial charge in [-0.05, 0) is 37.1 Å². The van der Waals surface area contributed by atoms with Crippen LogP contribution in [0, 0.1) is 19.8 Å². The number of methoxy groups -OCH3 is 3. The fourth-order valence-corrected chi connectivity index (χ4v) is 3.38. The highest BCUT2D eigenvalue weighted by Gasteiger charge is 2.29. The highest BCUT2D eigenvalue weighted by molar-refractivity contribution is 5.89. The predicted octanol–water partition coefficient (Wildman–Crippen LogP) is 1.41. The first-order valence-electron chi connectivity index (χ1n) is 10.2. The zero-order chi connectivity index (χ0) is 23.8. The third-order valence-electron chi connectivity index (χ3n) is 5.46. The Morgan fingerprint density at radius 2 is 1.66 bits per heavy atom. The summed E-state index contributed by atoms with van der Waals surface area (Å²) >= 11 is 0. The molecule has 0 saturated carbocycles. The maximum absolute atomic E-state index is 13.2. The number of esters is 1. The summed E-state index contributed by atoms with van der Waals surface area (Å²) in [5, 5.41) is 9.80. The largest absolute Gasteiger partial charge is 0.464 e. The van der Waals surface area contributed by atoms with E-state index in [4.69, 9.17) is 23.7 Å². The molecule has 0 fully saturated rings. The molecule has 0 saturated heterocycles. The number of benzene rings is 1. The molecule has 10 nitrogen and oxygen atoms in total. The highest BCUT2D eigenvalue weighted by atomic mass is 16.7. The van der Waals surface area contributed by atoms with E-state index in [-0.39, 0.29) is 38.3 Å². The van der Waals surface area contributed by atoms with Crippen LogP contribution in [0.1, 0.15) is 28.5 Å². The van der Waals surface area contributed by atoms with Gasteiger partial charge in [-0.1, -0.05) is 6.92 Å². The Bertz CT molecular complexity index is 975. The molecule has 32 heavy (non-hydrogen) atoms. The third-order valence-corrected chi connectivity index (χ3v) is 5.46. The van der Waals surface area contributed by atoms with E-state index in [1.165, 1.54) is 25.9 Å². The van der Waals surface area contributed by atoms with Crippen molar-refractivity contribution in [1.82, 2.24) is 9.55 Å². The number of hydrogen-bond acceptors (Lipinski definition) is 9. The van der Waals surface area contributed by atoms with Crippen LogP contribution in [0.15, 0.2) is 16.9 Å². The molecule has 0 radical (unpaired) electrons. The van der Waals surface area contributed by atoms with Gasteiger partial charge in [-0.3, -0.25) is 4.79 Å². The first-order chi connectivity index (χ1) is 15.3. The summed E-state index contributed by atoms with van der Waals surface area (Å²) in [6.45, 7) is 5.46. The van der Waals surface area contributed by atoms with Crippen molar-refractivity contribution < 1.29 is 33.6 Å². The SMILES string of the molecule is COCO[C@@H](Cn1c(=O)c(C(=O)OC)nc2cc(C)c(C)cc21)[C@H](C)[C@@H](CO)OCOC. The lowest BCUT2D eigenvalue weighted by atomic mass is 9.97. The van der Waals surface area contributed by atoms with E-state index < -0.39 is 23.7 Å². The van der Waals surface area contributed by atoms with Gasteiger partial charge in [-0.15, -0.1) is 0 Å². The number of aliphatic hydroxyl groups is 1. The first kappa shape index (κ1) is 25.9. The van der Waals surface area contributed by atoms with Gasteiger partial charge in [0.2, 0.25) is 5.69 Å². The van der Waals surface area contributed by atoms with E-state index in [2.05, 4.69) is 4.98 Å². The van der Waals surface area contributed by atoms with Crippen LogP contribution in [0.3, 0.4) is 0 Å². The van der Waals surface area contributed by atoms with E-state index in [0.717, 1.165) is 11.1 Å². The summed E-state index contributed by atoms with van der Waals surface area (Å²) in [5.41, 5.74) is 2.08. The van der Waals surface area contributed by atoms with Crippen LogP contribution in [0.2, 0.25) is 0 Å². The third kappa shape index (κ3) is 5.90. The average Bonchev–Trinajstić information content (AvgIpc) is 2.78. The molecule has 1 aromatic heterocycles. The van der Waals surface area contributed by atoms with Crippen molar-refractivity contribution in [2.75, 3.05) is 41.5 Å². The van der Waals surface area contributed by atoms with Crippen molar-refractivity contribution in [2.45, 2.75) is 39.5 Å². The van der Waals surface area contributed by atoms with E-state index >= 15 is 0 Å². The molecule has 0 aliphatic rings. The molecule has 2 aromatic rings. The smallest absolute Gasteiger partial charge is 0.362 e. The summed E-state index contributed by atoms with van der Waals surface area (Å²) < 4.78 is 27.6. The molecule has 0 aliphatic heterocycles. The fraction of sp³-hybridized carbons (Fsp3) is 0.591. The molecule has 178 valence electrons. The Kier molecular flexibility index (Phi) is 9.73. The zero-order valence-electron chi connectivity index (χ0n) is 19.4. The lowest BCUT2D eigenvalue weighted by molar-refractivity contribution is -0.151. The lowest BCUT2D eigenvalue weighted by Gasteiger charge is -2.30. The van der Waals surface area contributed by atoms with Gasteiger partial charge in [0.25, 0.3) is 5.56 Å². The topological polar surface area (TPSA) is 118 Å². The molecule has 1 aromatic carbocycles. The number of ether oxygens (including phenoxy) is 5. The van der Waals surface area contributed by atoms with Crippen molar-refractivity contribution in [2.24, 2.45) is 5.92 Å². The highest BCUT2D eigenvalue weighted by Crippen LogP contribution is 2.21. The Hall–Kier alpha value is -2.37. The number of fused-ring (bicyclic) bond motifs is 1. The molecule has 0 amide bonds. The molecule has 1 N–H and O–H groups in total. The van der Waals surface area contributed by atoms with Crippen LogP contribution in [0.5, 0.6) is 0 Å². The number of carbonyl (C=O) groups is 1. The molecule has 0 unspecified atom stereocenters. The number of aliphatic hydroxyl groups excluding tert-OH is 1. The average molecular weight is 453 g/mol. The fourth-order valence-electron chi connectivity index (χ4n) is 3.38. The van der Waals surface area contributed by atoms with Crippen molar-refractivity contribution in [3.05, 3.63) is 39.3 Å². The Morgan fingerprint density at radius 3 is 2.22 bits per heavy atom. The van der Waals surface area contributed by atoms with Crippen molar-refractivity contribution in [3.63, 3.8) is 0 Å². The monoisotopic (exact) mass is 452 g/mol. The second kappa shape index (κ2) is 12.0. The molecule has 0 aliphatic carbocycles. The molecular formula is C22H32N2O8. The van der Waals surface area contributed by atoms with Crippen LogP contribution >= 0.6 is 0 Å². The lowest BCUT2D eigenvalue weighted by Crippen LogP contribution is -2.41. The minimum absolute atomic E-state index is 0.00430. The van der Waals surface area contributed by atoms with Gasteiger partial charge in [-0.2, -0.15) is 0 Å². The van der Waals surface area contributed by atoms with Crippen LogP contribution in [-0.2, 0) is 30.2 Å². The maximum Gasteiger partial charge on any atom is 0.362 e. The maximum atomic E-state index is 13.2. The number of rotatable bonds is 12. The van der Waals surface area contributed by atoms with Gasteiger partial charge >= 0.3 is 5.97 Å². The second-order valence-electron chi connectivity index (χ2n) is 7.56. The number of carbonyl (C=O) groups excluding carboxylic acids is 1. The molecule has 2 rings (SSSR count).